The number of hydrogen-bond acceptors (Lipinski definition) is 4. The number of rotatable bonds is 11. The third kappa shape index (κ3) is 8.35. The lowest BCUT2D eigenvalue weighted by atomic mass is 9.95. The SMILES string of the molecule is Cc1c(Cl)cccc1N(CCCC(=O)N(Cc1cccc(Cl)c1)C(C)C(=O)NC1CCCCC1)S(C)(=O)=O. The molecule has 10 heteroatoms. The first-order valence-corrected chi connectivity index (χ1v) is 15.6. The highest BCUT2D eigenvalue weighted by atomic mass is 35.5. The third-order valence-corrected chi connectivity index (χ3v) is 8.85. The van der Waals surface area contributed by atoms with E-state index in [1.165, 1.54) is 10.7 Å². The van der Waals surface area contributed by atoms with E-state index in [1.807, 2.05) is 12.1 Å². The van der Waals surface area contributed by atoms with Crippen molar-refractivity contribution in [3.63, 3.8) is 0 Å². The molecule has 7 nitrogen and oxygen atoms in total. The van der Waals surface area contributed by atoms with Gasteiger partial charge in [-0.25, -0.2) is 8.42 Å². The maximum atomic E-state index is 13.5. The van der Waals surface area contributed by atoms with E-state index in [2.05, 4.69) is 5.32 Å². The lowest BCUT2D eigenvalue weighted by Gasteiger charge is -2.31. The van der Waals surface area contributed by atoms with Gasteiger partial charge in [0.05, 0.1) is 11.9 Å². The second-order valence-corrected chi connectivity index (χ2v) is 12.7. The molecule has 0 heterocycles. The molecule has 0 aliphatic heterocycles. The molecule has 1 unspecified atom stereocenters. The highest BCUT2D eigenvalue weighted by Gasteiger charge is 2.28. The molecule has 0 spiro atoms. The Balaban J connectivity index is 1.74. The summed E-state index contributed by atoms with van der Waals surface area (Å²) >= 11 is 12.4. The molecule has 1 atom stereocenters. The van der Waals surface area contributed by atoms with E-state index in [1.54, 1.807) is 49.1 Å². The van der Waals surface area contributed by atoms with Crippen molar-refractivity contribution in [1.29, 1.82) is 0 Å². The number of amides is 2. The van der Waals surface area contributed by atoms with Gasteiger partial charge >= 0.3 is 0 Å². The third-order valence-electron chi connectivity index (χ3n) is 7.02. The van der Waals surface area contributed by atoms with Crippen LogP contribution in [0.1, 0.15) is 63.0 Å². The summed E-state index contributed by atoms with van der Waals surface area (Å²) in [5.74, 6) is -0.410. The number of sulfonamides is 1. The summed E-state index contributed by atoms with van der Waals surface area (Å²) in [6.07, 6.45) is 6.75. The standard InChI is InChI=1S/C28H37Cl2N3O4S/c1-20-25(30)14-8-15-26(20)33(38(3,36)37)17-9-16-27(34)32(19-22-10-7-11-23(29)18-22)21(2)28(35)31-24-12-5-4-6-13-24/h7-8,10-11,14-15,18,21,24H,4-6,9,12-13,16-17,19H2,1-3H3,(H,31,35). The van der Waals surface area contributed by atoms with Crippen LogP contribution in [-0.4, -0.2) is 50.0 Å². The van der Waals surface area contributed by atoms with Gasteiger partial charge in [-0.15, -0.1) is 0 Å². The summed E-state index contributed by atoms with van der Waals surface area (Å²) in [4.78, 5) is 28.2. The van der Waals surface area contributed by atoms with Crippen molar-refractivity contribution in [3.8, 4) is 0 Å². The molecule has 1 fully saturated rings. The Bertz CT molecular complexity index is 1230. The quantitative estimate of drug-likeness (QED) is 0.368. The van der Waals surface area contributed by atoms with Crippen molar-refractivity contribution in [1.82, 2.24) is 10.2 Å². The Morgan fingerprint density at radius 2 is 1.76 bits per heavy atom. The molecule has 38 heavy (non-hydrogen) atoms. The van der Waals surface area contributed by atoms with Crippen LogP contribution in [0.3, 0.4) is 0 Å². The molecule has 2 amide bonds. The molecule has 0 bridgehead atoms. The zero-order valence-corrected chi connectivity index (χ0v) is 24.6. The molecule has 1 saturated carbocycles. The largest absolute Gasteiger partial charge is 0.352 e. The predicted molar refractivity (Wildman–Crippen MR) is 154 cm³/mol. The van der Waals surface area contributed by atoms with Crippen LogP contribution in [0.4, 0.5) is 5.69 Å². The minimum atomic E-state index is -3.60. The van der Waals surface area contributed by atoms with Crippen molar-refractivity contribution >= 4 is 50.7 Å². The normalized spacial score (nSPS) is 15.1. The predicted octanol–water partition coefficient (Wildman–Crippen LogP) is 5.71. The van der Waals surface area contributed by atoms with Gasteiger partial charge < -0.3 is 10.2 Å². The maximum Gasteiger partial charge on any atom is 0.242 e. The van der Waals surface area contributed by atoms with Gasteiger partial charge in [0, 0.05) is 35.6 Å². The van der Waals surface area contributed by atoms with Crippen LogP contribution in [0, 0.1) is 6.92 Å². The van der Waals surface area contributed by atoms with E-state index in [0.717, 1.165) is 37.5 Å². The topological polar surface area (TPSA) is 86.8 Å². The van der Waals surface area contributed by atoms with Gasteiger partial charge in [0.1, 0.15) is 6.04 Å². The molecule has 2 aromatic carbocycles. The number of nitrogens with zero attached hydrogens (tertiary/aromatic N) is 2. The van der Waals surface area contributed by atoms with Crippen LogP contribution in [0.5, 0.6) is 0 Å². The first-order chi connectivity index (χ1) is 18.0. The fraction of sp³-hybridized carbons (Fsp3) is 0.500. The summed E-state index contributed by atoms with van der Waals surface area (Å²) in [6.45, 7) is 3.83. The lowest BCUT2D eigenvalue weighted by Crippen LogP contribution is -2.50. The highest BCUT2D eigenvalue weighted by molar-refractivity contribution is 7.92. The molecule has 1 N–H and O–H groups in total. The van der Waals surface area contributed by atoms with E-state index in [4.69, 9.17) is 23.2 Å². The van der Waals surface area contributed by atoms with E-state index in [9.17, 15) is 18.0 Å². The molecule has 1 aliphatic rings. The summed E-state index contributed by atoms with van der Waals surface area (Å²) in [5.41, 5.74) is 1.96. The van der Waals surface area contributed by atoms with Crippen molar-refractivity contribution < 1.29 is 18.0 Å². The summed E-state index contributed by atoms with van der Waals surface area (Å²) in [6, 6.07) is 11.8. The van der Waals surface area contributed by atoms with Crippen molar-refractivity contribution in [2.75, 3.05) is 17.1 Å². The Hall–Kier alpha value is -2.29. The lowest BCUT2D eigenvalue weighted by molar-refractivity contribution is -0.141. The number of benzene rings is 2. The smallest absolute Gasteiger partial charge is 0.242 e. The second kappa shape index (κ2) is 13.7. The average molecular weight is 583 g/mol. The first kappa shape index (κ1) is 30.3. The first-order valence-electron chi connectivity index (χ1n) is 13.0. The molecule has 208 valence electrons. The van der Waals surface area contributed by atoms with E-state index < -0.39 is 16.1 Å². The fourth-order valence-electron chi connectivity index (χ4n) is 4.83. The van der Waals surface area contributed by atoms with Gasteiger partial charge in [0.15, 0.2) is 0 Å². The van der Waals surface area contributed by atoms with Gasteiger partial charge in [-0.05, 0) is 68.5 Å². The molecule has 0 aromatic heterocycles. The summed E-state index contributed by atoms with van der Waals surface area (Å²) < 4.78 is 26.5. The van der Waals surface area contributed by atoms with Crippen LogP contribution >= 0.6 is 23.2 Å². The molecule has 2 aromatic rings. The number of hydrogen-bond donors (Lipinski definition) is 1. The minimum absolute atomic E-state index is 0.0766. The summed E-state index contributed by atoms with van der Waals surface area (Å²) in [5, 5.41) is 4.14. The van der Waals surface area contributed by atoms with Crippen molar-refractivity contribution in [3.05, 3.63) is 63.6 Å². The zero-order chi connectivity index (χ0) is 27.9. The molecular weight excluding hydrogens is 545 g/mol. The van der Waals surface area contributed by atoms with Crippen LogP contribution in [0.25, 0.3) is 0 Å². The Morgan fingerprint density at radius 3 is 2.42 bits per heavy atom. The molecule has 0 saturated heterocycles. The number of anilines is 1. The Morgan fingerprint density at radius 1 is 1.08 bits per heavy atom. The number of halogens is 2. The van der Waals surface area contributed by atoms with Gasteiger partial charge in [-0.3, -0.25) is 13.9 Å². The number of carbonyl (C=O) groups is 2. The summed E-state index contributed by atoms with van der Waals surface area (Å²) in [7, 11) is -3.60. The fourth-order valence-corrected chi connectivity index (χ4v) is 6.23. The molecular formula is C28H37Cl2N3O4S. The minimum Gasteiger partial charge on any atom is -0.352 e. The van der Waals surface area contributed by atoms with Gasteiger partial charge in [-0.2, -0.15) is 0 Å². The highest BCUT2D eigenvalue weighted by Crippen LogP contribution is 2.28. The molecule has 3 rings (SSSR count). The number of carbonyl (C=O) groups excluding carboxylic acids is 2. The zero-order valence-electron chi connectivity index (χ0n) is 22.3. The number of nitrogens with one attached hydrogen (secondary N) is 1. The molecule has 0 radical (unpaired) electrons. The monoisotopic (exact) mass is 581 g/mol. The van der Waals surface area contributed by atoms with Crippen LogP contribution in [-0.2, 0) is 26.2 Å². The van der Waals surface area contributed by atoms with E-state index in [0.29, 0.717) is 21.3 Å². The Labute approximate surface area is 236 Å². The second-order valence-electron chi connectivity index (χ2n) is 9.99. The Kier molecular flexibility index (Phi) is 10.9. The van der Waals surface area contributed by atoms with Gasteiger partial charge in [-0.1, -0.05) is 60.7 Å². The maximum absolute atomic E-state index is 13.5. The van der Waals surface area contributed by atoms with Gasteiger partial charge in [0.25, 0.3) is 0 Å². The van der Waals surface area contributed by atoms with Crippen LogP contribution in [0.2, 0.25) is 10.0 Å². The van der Waals surface area contributed by atoms with E-state index >= 15 is 0 Å². The van der Waals surface area contributed by atoms with E-state index in [-0.39, 0.29) is 43.8 Å². The molecule has 1 aliphatic carbocycles. The van der Waals surface area contributed by atoms with Crippen LogP contribution < -0.4 is 9.62 Å². The average Bonchev–Trinajstić information content (AvgIpc) is 2.86. The van der Waals surface area contributed by atoms with Crippen molar-refractivity contribution in [2.24, 2.45) is 0 Å². The van der Waals surface area contributed by atoms with Crippen LogP contribution in [0.15, 0.2) is 42.5 Å². The van der Waals surface area contributed by atoms with Gasteiger partial charge in [0.2, 0.25) is 21.8 Å². The van der Waals surface area contributed by atoms with Crippen molar-refractivity contribution in [2.45, 2.75) is 77.4 Å².